The molecule has 0 radical (unpaired) electrons. The van der Waals surface area contributed by atoms with E-state index in [0.29, 0.717) is 15.8 Å². The molecule has 0 unspecified atom stereocenters. The number of halogens is 2. The lowest BCUT2D eigenvalue weighted by Gasteiger charge is -2.22. The fourth-order valence-electron chi connectivity index (χ4n) is 3.99. The second kappa shape index (κ2) is 9.88. The standard InChI is InChI=1S/C25H22Cl2N2S/c26-22-12-10-18(14-23(22)27)16-30-25-21(15-28)19-8-4-5-9-20(19)24(29-25)13-11-17-6-2-1-3-7-17/h1-3,6-7,10,12,14H,4-5,8-9,11,13,16H2. The van der Waals surface area contributed by atoms with E-state index in [4.69, 9.17) is 28.2 Å². The lowest BCUT2D eigenvalue weighted by Crippen LogP contribution is -2.13. The Bertz CT molecular complexity index is 1090. The molecule has 0 aliphatic heterocycles. The highest BCUT2D eigenvalue weighted by molar-refractivity contribution is 7.98. The van der Waals surface area contributed by atoms with E-state index < -0.39 is 0 Å². The number of nitriles is 1. The molecule has 5 heteroatoms. The fourth-order valence-corrected chi connectivity index (χ4v) is 5.28. The molecule has 0 saturated carbocycles. The normalized spacial score (nSPS) is 13.0. The molecule has 0 spiro atoms. The highest BCUT2D eigenvalue weighted by atomic mass is 35.5. The topological polar surface area (TPSA) is 36.7 Å². The molecular weight excluding hydrogens is 431 g/mol. The van der Waals surface area contributed by atoms with Crippen molar-refractivity contribution in [3.63, 3.8) is 0 Å². The van der Waals surface area contributed by atoms with Gasteiger partial charge < -0.3 is 0 Å². The van der Waals surface area contributed by atoms with Crippen LogP contribution in [0.2, 0.25) is 10.0 Å². The summed E-state index contributed by atoms with van der Waals surface area (Å²) in [5.41, 5.74) is 6.84. The zero-order valence-corrected chi connectivity index (χ0v) is 19.0. The third kappa shape index (κ3) is 4.83. The first-order chi connectivity index (χ1) is 14.7. The summed E-state index contributed by atoms with van der Waals surface area (Å²) in [4.78, 5) is 5.01. The van der Waals surface area contributed by atoms with Gasteiger partial charge >= 0.3 is 0 Å². The molecule has 2 aromatic carbocycles. The van der Waals surface area contributed by atoms with Crippen molar-refractivity contribution in [1.29, 1.82) is 5.26 Å². The molecule has 0 saturated heterocycles. The zero-order valence-electron chi connectivity index (χ0n) is 16.6. The van der Waals surface area contributed by atoms with Crippen molar-refractivity contribution in [3.8, 4) is 6.07 Å². The SMILES string of the molecule is N#Cc1c(SCc2ccc(Cl)c(Cl)c2)nc(CCc2ccccc2)c2c1CCCC2. The first kappa shape index (κ1) is 21.2. The predicted molar refractivity (Wildman–Crippen MR) is 125 cm³/mol. The summed E-state index contributed by atoms with van der Waals surface area (Å²) in [6.45, 7) is 0. The van der Waals surface area contributed by atoms with E-state index in [-0.39, 0.29) is 0 Å². The largest absolute Gasteiger partial charge is 0.245 e. The first-order valence-corrected chi connectivity index (χ1v) is 11.9. The monoisotopic (exact) mass is 452 g/mol. The first-order valence-electron chi connectivity index (χ1n) is 10.2. The minimum absolute atomic E-state index is 0.553. The minimum atomic E-state index is 0.553. The highest BCUT2D eigenvalue weighted by Crippen LogP contribution is 2.35. The minimum Gasteiger partial charge on any atom is -0.245 e. The molecule has 1 aliphatic carbocycles. The summed E-state index contributed by atoms with van der Waals surface area (Å²) in [5, 5.41) is 11.9. The van der Waals surface area contributed by atoms with Crippen molar-refractivity contribution in [2.24, 2.45) is 0 Å². The Kier molecular flexibility index (Phi) is 7.00. The van der Waals surface area contributed by atoms with Gasteiger partial charge in [0.25, 0.3) is 0 Å². The summed E-state index contributed by atoms with van der Waals surface area (Å²) in [6, 6.07) is 18.7. The van der Waals surface area contributed by atoms with Gasteiger partial charge in [-0.2, -0.15) is 5.26 Å². The van der Waals surface area contributed by atoms with Crippen LogP contribution in [-0.2, 0) is 31.4 Å². The van der Waals surface area contributed by atoms with Gasteiger partial charge in [-0.3, -0.25) is 0 Å². The molecular formula is C25H22Cl2N2S. The highest BCUT2D eigenvalue weighted by Gasteiger charge is 2.22. The van der Waals surface area contributed by atoms with Crippen LogP contribution in [0.5, 0.6) is 0 Å². The molecule has 30 heavy (non-hydrogen) atoms. The quantitative estimate of drug-likeness (QED) is 0.370. The van der Waals surface area contributed by atoms with Crippen LogP contribution in [0.25, 0.3) is 0 Å². The van der Waals surface area contributed by atoms with E-state index in [1.165, 1.54) is 23.1 Å². The molecule has 4 rings (SSSR count). The van der Waals surface area contributed by atoms with Crippen LogP contribution in [0.15, 0.2) is 53.6 Å². The molecule has 0 fully saturated rings. The molecule has 152 valence electrons. The average molecular weight is 453 g/mol. The molecule has 0 bridgehead atoms. The maximum Gasteiger partial charge on any atom is 0.115 e. The molecule has 2 nitrogen and oxygen atoms in total. The number of pyridine rings is 1. The van der Waals surface area contributed by atoms with Crippen LogP contribution in [0.4, 0.5) is 0 Å². The van der Waals surface area contributed by atoms with Crippen molar-refractivity contribution >= 4 is 35.0 Å². The Morgan fingerprint density at radius 3 is 2.40 bits per heavy atom. The average Bonchev–Trinajstić information content (AvgIpc) is 2.78. The van der Waals surface area contributed by atoms with Crippen LogP contribution in [0.3, 0.4) is 0 Å². The number of fused-ring (bicyclic) bond motifs is 1. The number of rotatable bonds is 6. The molecule has 3 aromatic rings. The Balaban J connectivity index is 1.63. The lowest BCUT2D eigenvalue weighted by atomic mass is 9.87. The molecule has 1 heterocycles. The van der Waals surface area contributed by atoms with Crippen LogP contribution in [0.1, 0.15) is 46.4 Å². The molecule has 1 aromatic heterocycles. The Hall–Kier alpha value is -1.99. The number of benzene rings is 2. The van der Waals surface area contributed by atoms with Gasteiger partial charge in [0.2, 0.25) is 0 Å². The van der Waals surface area contributed by atoms with Gasteiger partial charge in [0.1, 0.15) is 11.1 Å². The third-order valence-electron chi connectivity index (χ3n) is 5.53. The summed E-state index contributed by atoms with van der Waals surface area (Å²) in [7, 11) is 0. The Morgan fingerprint density at radius 1 is 0.900 bits per heavy atom. The number of aryl methyl sites for hydroxylation is 2. The summed E-state index contributed by atoms with van der Waals surface area (Å²) in [6.07, 6.45) is 6.17. The van der Waals surface area contributed by atoms with Crippen molar-refractivity contribution in [2.45, 2.75) is 49.3 Å². The molecule has 0 N–H and O–H groups in total. The van der Waals surface area contributed by atoms with Crippen molar-refractivity contribution in [1.82, 2.24) is 4.98 Å². The van der Waals surface area contributed by atoms with Gasteiger partial charge in [0.05, 0.1) is 15.6 Å². The van der Waals surface area contributed by atoms with Gasteiger partial charge in [0.15, 0.2) is 0 Å². The van der Waals surface area contributed by atoms with Gasteiger partial charge in [-0.05, 0) is 72.9 Å². The van der Waals surface area contributed by atoms with Crippen LogP contribution < -0.4 is 0 Å². The number of hydrogen-bond donors (Lipinski definition) is 0. The lowest BCUT2D eigenvalue weighted by molar-refractivity contribution is 0.661. The van der Waals surface area contributed by atoms with E-state index in [1.54, 1.807) is 11.8 Å². The second-order valence-corrected chi connectivity index (χ2v) is 9.32. The van der Waals surface area contributed by atoms with Crippen LogP contribution in [0, 0.1) is 11.3 Å². The van der Waals surface area contributed by atoms with E-state index in [2.05, 4.69) is 30.3 Å². The summed E-state index contributed by atoms with van der Waals surface area (Å²) >= 11 is 13.8. The van der Waals surface area contributed by atoms with Gasteiger partial charge in [-0.25, -0.2) is 4.98 Å². The van der Waals surface area contributed by atoms with E-state index in [9.17, 15) is 5.26 Å². The smallest absolute Gasteiger partial charge is 0.115 e. The van der Waals surface area contributed by atoms with Crippen molar-refractivity contribution in [3.05, 3.63) is 92.1 Å². The molecule has 0 atom stereocenters. The van der Waals surface area contributed by atoms with Crippen LogP contribution in [-0.4, -0.2) is 4.98 Å². The second-order valence-electron chi connectivity index (χ2n) is 7.54. The number of aromatic nitrogens is 1. The zero-order chi connectivity index (χ0) is 20.9. The van der Waals surface area contributed by atoms with Gasteiger partial charge in [-0.1, -0.05) is 59.6 Å². The maximum atomic E-state index is 9.91. The predicted octanol–water partition coefficient (Wildman–Crippen LogP) is 7.22. The van der Waals surface area contributed by atoms with E-state index in [1.807, 2.05) is 24.3 Å². The van der Waals surface area contributed by atoms with Crippen molar-refractivity contribution < 1.29 is 0 Å². The van der Waals surface area contributed by atoms with E-state index >= 15 is 0 Å². The summed E-state index contributed by atoms with van der Waals surface area (Å²) < 4.78 is 0. The van der Waals surface area contributed by atoms with Crippen molar-refractivity contribution in [2.75, 3.05) is 0 Å². The maximum absolute atomic E-state index is 9.91. The summed E-state index contributed by atoms with van der Waals surface area (Å²) in [5.74, 6) is 0.704. The molecule has 1 aliphatic rings. The Morgan fingerprint density at radius 2 is 1.67 bits per heavy atom. The van der Waals surface area contributed by atoms with E-state index in [0.717, 1.165) is 54.0 Å². The van der Waals surface area contributed by atoms with Gasteiger partial charge in [0, 0.05) is 11.4 Å². The van der Waals surface area contributed by atoms with Gasteiger partial charge in [-0.15, -0.1) is 11.8 Å². The Labute approximate surface area is 192 Å². The molecule has 0 amide bonds. The number of hydrogen-bond acceptors (Lipinski definition) is 3. The number of thioether (sulfide) groups is 1. The third-order valence-corrected chi connectivity index (χ3v) is 7.32. The number of nitrogens with zero attached hydrogens (tertiary/aromatic N) is 2. The van der Waals surface area contributed by atoms with Crippen LogP contribution >= 0.6 is 35.0 Å². The fraction of sp³-hybridized carbons (Fsp3) is 0.280.